The lowest BCUT2D eigenvalue weighted by Gasteiger charge is -2.16. The van der Waals surface area contributed by atoms with Gasteiger partial charge in [-0.2, -0.15) is 0 Å². The van der Waals surface area contributed by atoms with Crippen LogP contribution in [0.2, 0.25) is 6.82 Å². The molecule has 0 saturated heterocycles. The van der Waals surface area contributed by atoms with E-state index in [0.29, 0.717) is 0 Å². The minimum absolute atomic E-state index is 0. The van der Waals surface area contributed by atoms with Crippen LogP contribution in [0.15, 0.2) is 109 Å². The quantitative estimate of drug-likeness (QED) is 0.275. The molecule has 0 fully saturated rings. The van der Waals surface area contributed by atoms with E-state index < -0.39 is 0 Å². The molecule has 0 aromatic heterocycles. The Hall–Kier alpha value is -3.18. The Morgan fingerprint density at radius 3 is 1.03 bits per heavy atom. The fraction of sp³-hybridized carbons (Fsp3) is 0.172. The summed E-state index contributed by atoms with van der Waals surface area (Å²) in [6.45, 7) is 1.50. The van der Waals surface area contributed by atoms with Crippen molar-refractivity contribution in [3.8, 4) is 33.4 Å². The van der Waals surface area contributed by atoms with Gasteiger partial charge in [0.2, 0.25) is 0 Å². The molecule has 4 rings (SSSR count). The fourth-order valence-corrected chi connectivity index (χ4v) is 3.18. The standard InChI is InChI=1S/C24H18.C4H12N.CH3B.2H2O/c1-4-11-19(12-5-1)22-17-10-18-23(20-13-6-2-7-14-20)24(22)21-15-8-3-9-16-21;1-5(2,3)4;1-2;;/h1-18H;1-4H3;1H3;2*1H2/q;+1;;;/p-1. The van der Waals surface area contributed by atoms with Crippen LogP contribution in [0, 0.1) is 0 Å². The second-order valence-corrected chi connectivity index (χ2v) is 8.51. The monoisotopic (exact) mass is 441 g/mol. The van der Waals surface area contributed by atoms with Crippen molar-refractivity contribution in [1.82, 2.24) is 0 Å². The number of nitrogens with zero attached hydrogens (tertiary/aromatic N) is 1. The van der Waals surface area contributed by atoms with E-state index in [0.717, 1.165) is 4.48 Å². The van der Waals surface area contributed by atoms with Crippen LogP contribution in [0.4, 0.5) is 0 Å². The summed E-state index contributed by atoms with van der Waals surface area (Å²) in [6, 6.07) is 38.4. The van der Waals surface area contributed by atoms with Gasteiger partial charge in [-0.05, 0) is 33.4 Å². The van der Waals surface area contributed by atoms with E-state index in [1.54, 1.807) is 0 Å². The lowest BCUT2D eigenvalue weighted by atomic mass is 9.88. The Kier molecular flexibility index (Phi) is 13.4. The van der Waals surface area contributed by atoms with Crippen LogP contribution in [0.25, 0.3) is 33.4 Å². The average Bonchev–Trinajstić information content (AvgIpc) is 2.80. The van der Waals surface area contributed by atoms with Gasteiger partial charge in [0.15, 0.2) is 0 Å². The second-order valence-electron chi connectivity index (χ2n) is 8.51. The first-order chi connectivity index (χ1) is 14.9. The van der Waals surface area contributed by atoms with E-state index in [2.05, 4.69) is 145 Å². The highest BCUT2D eigenvalue weighted by Crippen LogP contribution is 2.39. The summed E-state index contributed by atoms with van der Waals surface area (Å²) in [4.78, 5) is 0. The minimum atomic E-state index is 0. The maximum Gasteiger partial charge on any atom is 0.0675 e. The molecule has 0 amide bonds. The van der Waals surface area contributed by atoms with Crippen LogP contribution in [-0.4, -0.2) is 51.5 Å². The van der Waals surface area contributed by atoms with E-state index in [1.165, 1.54) is 40.2 Å². The second kappa shape index (κ2) is 14.8. The summed E-state index contributed by atoms with van der Waals surface area (Å²) in [7, 11) is 13.0. The Bertz CT molecular complexity index is 968. The molecule has 172 valence electrons. The summed E-state index contributed by atoms with van der Waals surface area (Å²) < 4.78 is 1.00. The maximum absolute atomic E-state index is 4.50. The number of rotatable bonds is 3. The smallest absolute Gasteiger partial charge is 0.0675 e. The Balaban J connectivity index is 0.00000102. The van der Waals surface area contributed by atoms with Gasteiger partial charge < -0.3 is 15.4 Å². The summed E-state index contributed by atoms with van der Waals surface area (Å²) in [5.41, 5.74) is 7.56. The lowest BCUT2D eigenvalue weighted by molar-refractivity contribution is -0.849. The molecule has 4 heteroatoms. The zero-order valence-corrected chi connectivity index (χ0v) is 20.4. The van der Waals surface area contributed by atoms with Crippen LogP contribution in [0.1, 0.15) is 0 Å². The summed E-state index contributed by atoms with van der Waals surface area (Å²) >= 11 is 0. The first kappa shape index (κ1) is 29.8. The van der Waals surface area contributed by atoms with Crippen molar-refractivity contribution in [3.05, 3.63) is 109 Å². The van der Waals surface area contributed by atoms with Gasteiger partial charge in [0.1, 0.15) is 0 Å². The lowest BCUT2D eigenvalue weighted by Crippen LogP contribution is -2.27. The molecule has 0 unspecified atom stereocenters. The Morgan fingerprint density at radius 2 is 0.727 bits per heavy atom. The Morgan fingerprint density at radius 1 is 0.455 bits per heavy atom. The Labute approximate surface area is 201 Å². The molecule has 33 heavy (non-hydrogen) atoms. The molecule has 3 nitrogen and oxygen atoms in total. The highest BCUT2D eigenvalue weighted by molar-refractivity contribution is 6.05. The van der Waals surface area contributed by atoms with Gasteiger partial charge in [0.05, 0.1) is 36.0 Å². The molecule has 0 heterocycles. The van der Waals surface area contributed by atoms with Crippen LogP contribution in [-0.2, 0) is 0 Å². The van der Waals surface area contributed by atoms with Crippen molar-refractivity contribution in [3.63, 3.8) is 0 Å². The van der Waals surface area contributed by atoms with E-state index in [4.69, 9.17) is 0 Å². The van der Waals surface area contributed by atoms with Gasteiger partial charge in [0, 0.05) is 0 Å². The van der Waals surface area contributed by atoms with E-state index in [9.17, 15) is 0 Å². The van der Waals surface area contributed by atoms with E-state index in [1.807, 2.05) is 0 Å². The highest BCUT2D eigenvalue weighted by atomic mass is 16.0. The van der Waals surface area contributed by atoms with Gasteiger partial charge in [-0.3, -0.25) is 0 Å². The summed E-state index contributed by atoms with van der Waals surface area (Å²) in [6.07, 6.45) is 0. The average molecular weight is 441 g/mol. The minimum Gasteiger partial charge on any atom is -0.870 e. The van der Waals surface area contributed by atoms with Crippen molar-refractivity contribution >= 4 is 7.85 Å². The largest absolute Gasteiger partial charge is 0.870 e. The van der Waals surface area contributed by atoms with Crippen molar-refractivity contribution in [2.45, 2.75) is 6.82 Å². The number of hydrogen-bond acceptors (Lipinski definition) is 1. The molecule has 4 aromatic carbocycles. The molecule has 0 aliphatic rings. The predicted molar refractivity (Wildman–Crippen MR) is 144 cm³/mol. The molecule has 0 aliphatic heterocycles. The topological polar surface area (TPSA) is 61.5 Å². The maximum atomic E-state index is 4.50. The van der Waals surface area contributed by atoms with E-state index in [-0.39, 0.29) is 11.0 Å². The van der Waals surface area contributed by atoms with Crippen LogP contribution in [0.3, 0.4) is 0 Å². The zero-order chi connectivity index (χ0) is 22.7. The van der Waals surface area contributed by atoms with Gasteiger partial charge in [-0.25, -0.2) is 0 Å². The van der Waals surface area contributed by atoms with Crippen molar-refractivity contribution in [2.75, 3.05) is 28.2 Å². The van der Waals surface area contributed by atoms with Gasteiger partial charge in [0.25, 0.3) is 0 Å². The normalized spacial score (nSPS) is 9.61. The zero-order valence-electron chi connectivity index (χ0n) is 20.4. The van der Waals surface area contributed by atoms with Crippen molar-refractivity contribution < 1.29 is 15.4 Å². The van der Waals surface area contributed by atoms with E-state index >= 15 is 0 Å². The summed E-state index contributed by atoms with van der Waals surface area (Å²) in [5.74, 6) is 0. The fourth-order valence-electron chi connectivity index (χ4n) is 3.18. The van der Waals surface area contributed by atoms with Gasteiger partial charge in [-0.1, -0.05) is 116 Å². The molecule has 0 aliphatic carbocycles. The molecular formula is C29H36BNO2. The molecule has 4 aromatic rings. The molecule has 2 radical (unpaired) electrons. The molecule has 0 spiro atoms. The highest BCUT2D eigenvalue weighted by Gasteiger charge is 2.13. The van der Waals surface area contributed by atoms with Gasteiger partial charge >= 0.3 is 0 Å². The molecule has 0 saturated carbocycles. The van der Waals surface area contributed by atoms with Crippen molar-refractivity contribution in [2.24, 2.45) is 0 Å². The third-order valence-corrected chi connectivity index (χ3v) is 4.30. The third kappa shape index (κ3) is 9.46. The van der Waals surface area contributed by atoms with Crippen LogP contribution in [0.5, 0.6) is 0 Å². The molecule has 0 atom stereocenters. The summed E-state index contributed by atoms with van der Waals surface area (Å²) in [5, 5.41) is 0. The SMILES string of the molecule is C[N+](C)(C)C.O.[B]C.[OH-].c1ccc(-c2cccc(-c3ccccc3)c2-c2ccccc2)cc1. The molecule has 3 N–H and O–H groups in total. The predicted octanol–water partition coefficient (Wildman–Crippen LogP) is 6.21. The molecular weight excluding hydrogens is 405 g/mol. The number of hydrogen-bond donors (Lipinski definition) is 0. The van der Waals surface area contributed by atoms with Crippen molar-refractivity contribution in [1.29, 1.82) is 0 Å². The molecule has 0 bridgehead atoms. The number of quaternary nitrogens is 1. The first-order valence-corrected chi connectivity index (χ1v) is 10.6. The van der Waals surface area contributed by atoms with Crippen LogP contribution >= 0.6 is 0 Å². The van der Waals surface area contributed by atoms with Crippen LogP contribution < -0.4 is 0 Å². The number of benzene rings is 4. The van der Waals surface area contributed by atoms with Gasteiger partial charge in [-0.15, -0.1) is 0 Å². The third-order valence-electron chi connectivity index (χ3n) is 4.30. The first-order valence-electron chi connectivity index (χ1n) is 10.6.